The van der Waals surface area contributed by atoms with Crippen molar-refractivity contribution >= 4 is 50.5 Å². The van der Waals surface area contributed by atoms with E-state index in [1.165, 1.54) is 9.78 Å². The van der Waals surface area contributed by atoms with Gasteiger partial charge in [-0.2, -0.15) is 0 Å². The summed E-state index contributed by atoms with van der Waals surface area (Å²) in [6, 6.07) is 22.2. The number of aromatic nitrogens is 5. The third kappa shape index (κ3) is 8.56. The van der Waals surface area contributed by atoms with Crippen molar-refractivity contribution in [2.45, 2.75) is 83.9 Å². The number of thiophene rings is 1. The summed E-state index contributed by atoms with van der Waals surface area (Å²) in [6.07, 6.45) is 3.09. The smallest absolute Gasteiger partial charge is 0.243 e. The number of aryl methyl sites for hydroxylation is 2. The van der Waals surface area contributed by atoms with E-state index in [0.717, 1.165) is 74.8 Å². The molecule has 2 aromatic carbocycles. The molecule has 15 heteroatoms. The molecule has 63 heavy (non-hydrogen) atoms. The van der Waals surface area contributed by atoms with Crippen LogP contribution in [0.1, 0.15) is 85.4 Å². The molecule has 2 aliphatic heterocycles. The molecule has 0 radical (unpaired) electrons. The Bertz CT molecular complexity index is 2770. The van der Waals surface area contributed by atoms with Gasteiger partial charge in [0, 0.05) is 59.7 Å². The second-order valence-electron chi connectivity index (χ2n) is 17.1. The van der Waals surface area contributed by atoms with Gasteiger partial charge in [-0.05, 0) is 92.5 Å². The van der Waals surface area contributed by atoms with Gasteiger partial charge in [0.1, 0.15) is 39.8 Å². The fraction of sp³-hybridized carbons (Fsp3) is 0.354. The third-order valence-electron chi connectivity index (χ3n) is 12.4. The van der Waals surface area contributed by atoms with Gasteiger partial charge < -0.3 is 29.9 Å². The Morgan fingerprint density at radius 2 is 1.70 bits per heavy atom. The lowest BCUT2D eigenvalue weighted by molar-refractivity contribution is -0.141. The van der Waals surface area contributed by atoms with E-state index in [0.29, 0.717) is 28.6 Å². The molecule has 7 aromatic rings. The van der Waals surface area contributed by atoms with Crippen LogP contribution in [0.5, 0.6) is 5.75 Å². The number of aliphatic hydroxyl groups excluding tert-OH is 1. The normalized spacial score (nSPS) is 18.0. The van der Waals surface area contributed by atoms with Crippen molar-refractivity contribution in [1.82, 2.24) is 35.5 Å². The van der Waals surface area contributed by atoms with Crippen molar-refractivity contribution in [3.05, 3.63) is 112 Å². The molecule has 1 unspecified atom stereocenters. The molecule has 2 aliphatic rings. The van der Waals surface area contributed by atoms with Gasteiger partial charge in [-0.3, -0.25) is 9.59 Å². The van der Waals surface area contributed by atoms with E-state index in [1.807, 2.05) is 75.7 Å². The summed E-state index contributed by atoms with van der Waals surface area (Å²) < 4.78 is 5.89. The van der Waals surface area contributed by atoms with Gasteiger partial charge in [-0.25, -0.2) is 9.97 Å². The first kappa shape index (κ1) is 42.3. The summed E-state index contributed by atoms with van der Waals surface area (Å²) in [5, 5.41) is 38.5. The molecule has 13 nitrogen and oxygen atoms in total. The first-order chi connectivity index (χ1) is 30.4. The van der Waals surface area contributed by atoms with Crippen molar-refractivity contribution in [3.63, 3.8) is 0 Å². The van der Waals surface area contributed by atoms with Crippen LogP contribution in [-0.4, -0.2) is 84.0 Å². The molecule has 0 aliphatic carbocycles. The molecule has 2 fully saturated rings. The zero-order valence-corrected chi connectivity index (χ0v) is 37.5. The Morgan fingerprint density at radius 1 is 0.921 bits per heavy atom. The summed E-state index contributed by atoms with van der Waals surface area (Å²) in [5.41, 5.74) is 8.51. The first-order valence-electron chi connectivity index (χ1n) is 21.4. The average Bonchev–Trinajstić information content (AvgIpc) is 4.11. The van der Waals surface area contributed by atoms with Crippen molar-refractivity contribution in [3.8, 4) is 38.7 Å². The number of carbonyl (C=O) groups is 2. The zero-order valence-electron chi connectivity index (χ0n) is 35.9. The van der Waals surface area contributed by atoms with E-state index in [2.05, 4.69) is 49.6 Å². The maximum absolute atomic E-state index is 14.3. The van der Waals surface area contributed by atoms with Crippen LogP contribution < -0.4 is 10.2 Å². The van der Waals surface area contributed by atoms with Crippen LogP contribution in [0.15, 0.2) is 89.0 Å². The Morgan fingerprint density at radius 3 is 2.41 bits per heavy atom. The summed E-state index contributed by atoms with van der Waals surface area (Å²) in [5.74, 6) is 0.443. The molecular weight excluding hydrogens is 833 g/mol. The molecule has 9 rings (SSSR count). The van der Waals surface area contributed by atoms with Crippen LogP contribution >= 0.6 is 22.7 Å². The van der Waals surface area contributed by atoms with Crippen LogP contribution in [0.2, 0.25) is 0 Å². The highest BCUT2D eigenvalue weighted by molar-refractivity contribution is 7.18. The molecule has 0 bridgehead atoms. The average molecular weight is 883 g/mol. The van der Waals surface area contributed by atoms with Gasteiger partial charge in [0.25, 0.3) is 0 Å². The maximum atomic E-state index is 14.3. The number of aliphatic hydroxyl groups is 1. The topological polar surface area (TPSA) is 171 Å². The summed E-state index contributed by atoms with van der Waals surface area (Å²) in [6.45, 7) is 11.6. The van der Waals surface area contributed by atoms with Crippen molar-refractivity contribution < 1.29 is 24.3 Å². The highest BCUT2D eigenvalue weighted by atomic mass is 32.1. The van der Waals surface area contributed by atoms with Crippen LogP contribution in [-0.2, 0) is 9.59 Å². The van der Waals surface area contributed by atoms with Gasteiger partial charge in [-0.1, -0.05) is 55.4 Å². The second-order valence-corrected chi connectivity index (χ2v) is 19.1. The number of phenolic OH excluding ortho intramolecular Hbond substituents is 1. The van der Waals surface area contributed by atoms with E-state index >= 15 is 0 Å². The first-order valence-corrected chi connectivity index (χ1v) is 23.1. The molecule has 0 saturated carbocycles. The number of rotatable bonds is 11. The molecule has 2 saturated heterocycles. The van der Waals surface area contributed by atoms with Crippen LogP contribution in [0.3, 0.4) is 0 Å². The number of aromatic hydroxyl groups is 1. The number of para-hydroxylation sites is 1. The Hall–Kier alpha value is -6.03. The summed E-state index contributed by atoms with van der Waals surface area (Å²) in [7, 11) is 0. The number of likely N-dealkylation sites (tertiary alicyclic amines) is 1. The number of carbonyl (C=O) groups excluding carboxylic acids is 2. The molecular formula is C48H50N8O5S2. The molecule has 2 amide bonds. The van der Waals surface area contributed by atoms with Gasteiger partial charge in [0.2, 0.25) is 11.8 Å². The van der Waals surface area contributed by atoms with E-state index < -0.39 is 18.1 Å². The maximum Gasteiger partial charge on any atom is 0.243 e. The van der Waals surface area contributed by atoms with Gasteiger partial charge in [0.15, 0.2) is 0 Å². The van der Waals surface area contributed by atoms with Crippen molar-refractivity contribution in [2.24, 2.45) is 5.92 Å². The fourth-order valence-corrected chi connectivity index (χ4v) is 10.9. The molecule has 4 atom stereocenters. The van der Waals surface area contributed by atoms with Crippen LogP contribution in [0.4, 0.5) is 5.82 Å². The van der Waals surface area contributed by atoms with E-state index in [9.17, 15) is 19.8 Å². The quantitative estimate of drug-likeness (QED) is 0.113. The third-order valence-corrected chi connectivity index (χ3v) is 14.6. The fourth-order valence-electron chi connectivity index (χ4n) is 9.00. The largest absolute Gasteiger partial charge is 0.507 e. The molecule has 3 N–H and O–H groups in total. The lowest BCUT2D eigenvalue weighted by Gasteiger charge is -2.33. The monoisotopic (exact) mass is 882 g/mol. The summed E-state index contributed by atoms with van der Waals surface area (Å²) >= 11 is 3.28. The van der Waals surface area contributed by atoms with E-state index in [1.54, 1.807) is 47.1 Å². The number of nitrogens with one attached hydrogen (secondary N) is 1. The number of hydrogen-bond acceptors (Lipinski definition) is 13. The van der Waals surface area contributed by atoms with Gasteiger partial charge in [-0.15, -0.1) is 32.9 Å². The standard InChI is InChI=1S/C48H50N8O5S2/c1-26(2)43(48(60)56-24-35(57)21-39(56)46(59)51-28(4)30-10-12-32(13-11-30)44-29(5)50-25-62-44)41-22-37(54-61-41)34-18-27(3)45(49-23-34)55-16-14-31(15-17-55)42-20-33-19-38(52-53-47(33)63-42)36-8-6-7-9-40(36)58/h6-13,18-20,22-23,25-26,28,31,35,39,43,57-58H,14-17,21,24H2,1-5H3,(H,51,59)/t28-,35+,39-,43?/m0/s1. The van der Waals surface area contributed by atoms with Gasteiger partial charge in [0.05, 0.1) is 33.9 Å². The number of β-amino-alcohol motifs (C(OH)–C–C–N with tert-alkyl or cyclic N) is 1. The number of amides is 2. The van der Waals surface area contributed by atoms with Crippen molar-refractivity contribution in [2.75, 3.05) is 24.5 Å². The van der Waals surface area contributed by atoms with Crippen LogP contribution in [0.25, 0.3) is 43.2 Å². The minimum absolute atomic E-state index is 0.0563. The highest BCUT2D eigenvalue weighted by Crippen LogP contribution is 2.39. The molecule has 5 aromatic heterocycles. The lowest BCUT2D eigenvalue weighted by atomic mass is 9.91. The highest BCUT2D eigenvalue weighted by Gasteiger charge is 2.43. The minimum atomic E-state index is -0.828. The lowest BCUT2D eigenvalue weighted by Crippen LogP contribution is -2.48. The van der Waals surface area contributed by atoms with E-state index in [-0.39, 0.29) is 42.5 Å². The molecule has 7 heterocycles. The number of phenols is 1. The number of thiazole rings is 1. The molecule has 0 spiro atoms. The number of fused-ring (bicyclic) bond motifs is 1. The predicted octanol–water partition coefficient (Wildman–Crippen LogP) is 8.82. The Balaban J connectivity index is 0.840. The number of pyridine rings is 1. The zero-order chi connectivity index (χ0) is 43.9. The van der Waals surface area contributed by atoms with Gasteiger partial charge >= 0.3 is 0 Å². The SMILES string of the molecule is Cc1cc(-c2cc(C(C(=O)N3C[C@H](O)C[C@H]3C(=O)N[C@@H](C)c3ccc(-c4scnc4C)cc3)C(C)C)on2)cnc1N1CCC(c2cc3cc(-c4ccccc4O)nnc3s2)CC1. The van der Waals surface area contributed by atoms with E-state index in [4.69, 9.17) is 9.51 Å². The molecule has 324 valence electrons. The minimum Gasteiger partial charge on any atom is -0.507 e. The van der Waals surface area contributed by atoms with Crippen LogP contribution in [0, 0.1) is 19.8 Å². The Kier molecular flexibility index (Phi) is 11.8. The number of anilines is 1. The number of piperidine rings is 1. The second kappa shape index (κ2) is 17.6. The number of hydrogen-bond donors (Lipinski definition) is 3. The Labute approximate surface area is 373 Å². The summed E-state index contributed by atoms with van der Waals surface area (Å²) in [4.78, 5) is 44.5. The number of benzene rings is 2. The predicted molar refractivity (Wildman–Crippen MR) is 246 cm³/mol. The number of nitrogens with zero attached hydrogens (tertiary/aromatic N) is 7. The van der Waals surface area contributed by atoms with Crippen molar-refractivity contribution in [1.29, 1.82) is 0 Å².